The minimum absolute atomic E-state index is 0.157. The van der Waals surface area contributed by atoms with Crippen LogP contribution in [0.15, 0.2) is 0 Å². The van der Waals surface area contributed by atoms with Gasteiger partial charge in [0.1, 0.15) is 0 Å². The Balaban J connectivity index is 2.00. The Kier molecular flexibility index (Phi) is 8.21. The van der Waals surface area contributed by atoms with Gasteiger partial charge in [-0.2, -0.15) is 0 Å². The molecule has 2 unspecified atom stereocenters. The van der Waals surface area contributed by atoms with Gasteiger partial charge in [0, 0.05) is 38.0 Å². The van der Waals surface area contributed by atoms with Crippen molar-refractivity contribution >= 4 is 11.8 Å². The van der Waals surface area contributed by atoms with Crippen LogP contribution in [0.3, 0.4) is 0 Å². The second-order valence-corrected chi connectivity index (χ2v) is 11.7. The summed E-state index contributed by atoms with van der Waals surface area (Å²) >= 11 is 0. The van der Waals surface area contributed by atoms with Crippen LogP contribution in [0, 0.1) is 16.7 Å². The van der Waals surface area contributed by atoms with Gasteiger partial charge in [0.15, 0.2) is 0 Å². The number of likely N-dealkylation sites (tertiary alicyclic amines) is 2. The summed E-state index contributed by atoms with van der Waals surface area (Å²) in [6.07, 6.45) is 9.01. The van der Waals surface area contributed by atoms with E-state index in [4.69, 9.17) is 0 Å². The summed E-state index contributed by atoms with van der Waals surface area (Å²) in [5, 5.41) is 0. The van der Waals surface area contributed by atoms with Crippen molar-refractivity contribution in [1.29, 1.82) is 0 Å². The van der Waals surface area contributed by atoms with Crippen LogP contribution in [0.5, 0.6) is 0 Å². The highest BCUT2D eigenvalue weighted by Crippen LogP contribution is 2.42. The van der Waals surface area contributed by atoms with E-state index in [1.54, 1.807) is 0 Å². The van der Waals surface area contributed by atoms with E-state index in [0.29, 0.717) is 29.8 Å². The van der Waals surface area contributed by atoms with Crippen LogP contribution < -0.4 is 0 Å². The third kappa shape index (κ3) is 7.00. The van der Waals surface area contributed by atoms with E-state index in [9.17, 15) is 9.59 Å². The smallest absolute Gasteiger partial charge is 0.222 e. The molecule has 0 saturated carbocycles. The first-order chi connectivity index (χ1) is 13.4. The zero-order valence-electron chi connectivity index (χ0n) is 20.2. The van der Waals surface area contributed by atoms with Gasteiger partial charge < -0.3 is 9.80 Å². The molecular formula is C25H46N2O2. The van der Waals surface area contributed by atoms with Gasteiger partial charge >= 0.3 is 0 Å². The molecule has 0 aromatic heterocycles. The molecule has 2 aliphatic heterocycles. The van der Waals surface area contributed by atoms with Crippen molar-refractivity contribution < 1.29 is 9.59 Å². The summed E-state index contributed by atoms with van der Waals surface area (Å²) < 4.78 is 0. The lowest BCUT2D eigenvalue weighted by molar-refractivity contribution is -0.133. The molecule has 0 aliphatic carbocycles. The molecular weight excluding hydrogens is 360 g/mol. The van der Waals surface area contributed by atoms with Crippen molar-refractivity contribution in [2.24, 2.45) is 16.7 Å². The van der Waals surface area contributed by atoms with E-state index >= 15 is 0 Å². The molecule has 2 fully saturated rings. The van der Waals surface area contributed by atoms with Crippen LogP contribution in [0.1, 0.15) is 106 Å². The number of carbonyl (C=O) groups is 2. The van der Waals surface area contributed by atoms with E-state index in [-0.39, 0.29) is 10.8 Å². The molecule has 0 aromatic carbocycles. The van der Waals surface area contributed by atoms with Crippen molar-refractivity contribution in [1.82, 2.24) is 9.80 Å². The van der Waals surface area contributed by atoms with Gasteiger partial charge in [-0.25, -0.2) is 0 Å². The predicted molar refractivity (Wildman–Crippen MR) is 121 cm³/mol. The second-order valence-electron chi connectivity index (χ2n) is 11.7. The molecule has 0 N–H and O–H groups in total. The average Bonchev–Trinajstić information content (AvgIpc) is 2.86. The number of carbonyl (C=O) groups excluding carboxylic acids is 2. The van der Waals surface area contributed by atoms with Gasteiger partial charge in [0.25, 0.3) is 0 Å². The number of rotatable bonds is 9. The Bertz CT molecular complexity index is 567. The Labute approximate surface area is 179 Å². The maximum Gasteiger partial charge on any atom is 0.222 e. The van der Waals surface area contributed by atoms with Gasteiger partial charge in [0.2, 0.25) is 11.8 Å². The van der Waals surface area contributed by atoms with Gasteiger partial charge in [0.05, 0.1) is 0 Å². The third-order valence-corrected chi connectivity index (χ3v) is 6.99. The maximum atomic E-state index is 12.5. The van der Waals surface area contributed by atoms with Crippen LogP contribution in [0.25, 0.3) is 0 Å². The second kappa shape index (κ2) is 9.83. The van der Waals surface area contributed by atoms with Crippen molar-refractivity contribution in [3.8, 4) is 0 Å². The maximum absolute atomic E-state index is 12.5. The molecule has 4 heteroatoms. The summed E-state index contributed by atoms with van der Waals surface area (Å²) in [6, 6.07) is 0.632. The minimum Gasteiger partial charge on any atom is -0.340 e. The van der Waals surface area contributed by atoms with E-state index in [1.807, 2.05) is 0 Å². The normalized spacial score (nSPS) is 21.7. The lowest BCUT2D eigenvalue weighted by atomic mass is 9.68. The average molecular weight is 407 g/mol. The van der Waals surface area contributed by atoms with Crippen LogP contribution >= 0.6 is 0 Å². The highest BCUT2D eigenvalue weighted by atomic mass is 16.2. The largest absolute Gasteiger partial charge is 0.340 e. The van der Waals surface area contributed by atoms with Gasteiger partial charge in [-0.1, -0.05) is 48.0 Å². The Morgan fingerprint density at radius 2 is 1.31 bits per heavy atom. The fourth-order valence-electron chi connectivity index (χ4n) is 6.11. The Morgan fingerprint density at radius 1 is 0.759 bits per heavy atom. The summed E-state index contributed by atoms with van der Waals surface area (Å²) in [5.41, 5.74) is 0.315. The first kappa shape index (κ1) is 24.2. The minimum atomic E-state index is 0.157. The molecule has 2 rings (SSSR count). The number of hydrogen-bond donors (Lipinski definition) is 0. The summed E-state index contributed by atoms with van der Waals surface area (Å²) in [6.45, 7) is 18.0. The SMILES string of the molecule is CC(C)C(CC(C)(C)CC(C)(C)CC(C)N1CCCCCC1=O)N1CCCC1=O. The standard InChI is InChI=1S/C25H46N2O2/c1-19(2)21(27-15-11-13-23(27)29)17-25(6,7)18-24(4,5)16-20(3)26-14-10-8-9-12-22(26)28/h19-21H,8-18H2,1-7H3. The van der Waals surface area contributed by atoms with Crippen molar-refractivity contribution in [3.63, 3.8) is 0 Å². The van der Waals surface area contributed by atoms with E-state index in [2.05, 4.69) is 58.3 Å². The first-order valence-corrected chi connectivity index (χ1v) is 12.0. The van der Waals surface area contributed by atoms with E-state index in [1.165, 1.54) is 6.42 Å². The van der Waals surface area contributed by atoms with E-state index in [0.717, 1.165) is 64.5 Å². The molecule has 2 amide bonds. The molecule has 168 valence electrons. The van der Waals surface area contributed by atoms with Crippen LogP contribution in [0.4, 0.5) is 0 Å². The summed E-state index contributed by atoms with van der Waals surface area (Å²) in [7, 11) is 0. The first-order valence-electron chi connectivity index (χ1n) is 12.0. The van der Waals surface area contributed by atoms with Crippen molar-refractivity contribution in [3.05, 3.63) is 0 Å². The molecule has 2 aliphatic rings. The molecule has 0 aromatic rings. The Morgan fingerprint density at radius 3 is 1.90 bits per heavy atom. The fraction of sp³-hybridized carbons (Fsp3) is 0.920. The molecule has 0 radical (unpaired) electrons. The highest BCUT2D eigenvalue weighted by molar-refractivity contribution is 5.78. The molecule has 4 nitrogen and oxygen atoms in total. The van der Waals surface area contributed by atoms with E-state index < -0.39 is 0 Å². The quantitative estimate of drug-likeness (QED) is 0.496. The van der Waals surface area contributed by atoms with Crippen LogP contribution in [0.2, 0.25) is 0 Å². The number of nitrogens with zero attached hydrogens (tertiary/aromatic N) is 2. The molecule has 29 heavy (non-hydrogen) atoms. The molecule has 2 heterocycles. The molecule has 2 saturated heterocycles. The third-order valence-electron chi connectivity index (χ3n) is 6.99. The molecule has 0 bridgehead atoms. The number of amides is 2. The highest BCUT2D eigenvalue weighted by Gasteiger charge is 2.38. The lowest BCUT2D eigenvalue weighted by Crippen LogP contribution is -2.44. The van der Waals surface area contributed by atoms with Gasteiger partial charge in [-0.3, -0.25) is 9.59 Å². The van der Waals surface area contributed by atoms with Crippen LogP contribution in [-0.2, 0) is 9.59 Å². The fourth-order valence-corrected chi connectivity index (χ4v) is 6.11. The van der Waals surface area contributed by atoms with Crippen LogP contribution in [-0.4, -0.2) is 46.8 Å². The predicted octanol–water partition coefficient (Wildman–Crippen LogP) is 5.65. The van der Waals surface area contributed by atoms with Gasteiger partial charge in [-0.15, -0.1) is 0 Å². The number of hydrogen-bond acceptors (Lipinski definition) is 2. The summed E-state index contributed by atoms with van der Waals surface area (Å²) in [5.74, 6) is 1.16. The Hall–Kier alpha value is -1.06. The van der Waals surface area contributed by atoms with Crippen molar-refractivity contribution in [2.75, 3.05) is 13.1 Å². The molecule has 2 atom stereocenters. The molecule has 0 spiro atoms. The zero-order valence-corrected chi connectivity index (χ0v) is 20.2. The lowest BCUT2D eigenvalue weighted by Gasteiger charge is -2.42. The van der Waals surface area contributed by atoms with Crippen molar-refractivity contribution in [2.45, 2.75) is 118 Å². The summed E-state index contributed by atoms with van der Waals surface area (Å²) in [4.78, 5) is 29.2. The van der Waals surface area contributed by atoms with Gasteiger partial charge in [-0.05, 0) is 62.2 Å². The topological polar surface area (TPSA) is 40.6 Å². The monoisotopic (exact) mass is 406 g/mol. The zero-order chi connectivity index (χ0) is 21.8.